The highest BCUT2D eigenvalue weighted by molar-refractivity contribution is 7.26. The van der Waals surface area contributed by atoms with Gasteiger partial charge in [0.25, 0.3) is 0 Å². The molecule has 308 valence electrons. The average molecular weight is 843 g/mol. The number of hydrogen-bond donors (Lipinski definition) is 0. The standard InChI is InChI=1S/C59H47BN2OS/c1-57(2)28-29-58(3,4)42-32-47-43(31-41(42)57)59(5,6)40-21-15-22-44-55(40)61(47)48-33-50-52(39-19-10-12-24-49(39)63-50)53-38-27-26-35(34-16-8-7-9-17-34)30-46(38)62(60(44)54(48)53)45-23-14-20-37-36-18-11-13-25-51(36)64-56(37)45/h7-27,30-33H,28-29H2,1-6H3. The Hall–Kier alpha value is -6.56. The second-order valence-electron chi connectivity index (χ2n) is 20.7. The molecule has 1 aliphatic carbocycles. The molecule has 0 atom stereocenters. The van der Waals surface area contributed by atoms with E-state index in [0.29, 0.717) is 0 Å². The number of thiophene rings is 1. The summed E-state index contributed by atoms with van der Waals surface area (Å²) in [5.74, 6) is 0. The van der Waals surface area contributed by atoms with E-state index in [-0.39, 0.29) is 23.1 Å². The molecule has 2 aromatic heterocycles. The lowest BCUT2D eigenvalue weighted by Crippen LogP contribution is -2.62. The van der Waals surface area contributed by atoms with Gasteiger partial charge in [-0.05, 0) is 104 Å². The van der Waals surface area contributed by atoms with Crippen LogP contribution < -0.4 is 20.6 Å². The second-order valence-corrected chi connectivity index (χ2v) is 21.7. The van der Waals surface area contributed by atoms with Gasteiger partial charge in [0.05, 0.1) is 10.4 Å². The third-order valence-electron chi connectivity index (χ3n) is 15.9. The van der Waals surface area contributed by atoms with Gasteiger partial charge in [-0.15, -0.1) is 11.3 Å². The number of anilines is 5. The van der Waals surface area contributed by atoms with Crippen molar-refractivity contribution < 1.29 is 4.42 Å². The van der Waals surface area contributed by atoms with Crippen LogP contribution in [0.1, 0.15) is 76.6 Å². The van der Waals surface area contributed by atoms with Crippen LogP contribution in [0, 0.1) is 0 Å². The molecule has 0 N–H and O–H groups in total. The van der Waals surface area contributed by atoms with Gasteiger partial charge in [-0.2, -0.15) is 0 Å². The Labute approximate surface area is 378 Å². The number of para-hydroxylation sites is 2. The van der Waals surface area contributed by atoms with Crippen LogP contribution in [-0.4, -0.2) is 6.85 Å². The molecule has 5 heteroatoms. The van der Waals surface area contributed by atoms with Crippen molar-refractivity contribution in [3.8, 4) is 22.3 Å². The predicted molar refractivity (Wildman–Crippen MR) is 273 cm³/mol. The summed E-state index contributed by atoms with van der Waals surface area (Å²) in [5.41, 5.74) is 21.4. The maximum Gasteiger partial charge on any atom is 0.333 e. The van der Waals surface area contributed by atoms with E-state index in [2.05, 4.69) is 203 Å². The molecule has 0 saturated heterocycles. The molecule has 8 aromatic carbocycles. The Bertz CT molecular complexity index is 3680. The zero-order valence-corrected chi connectivity index (χ0v) is 38.0. The van der Waals surface area contributed by atoms with Crippen LogP contribution >= 0.6 is 11.3 Å². The molecule has 3 nitrogen and oxygen atoms in total. The van der Waals surface area contributed by atoms with Crippen molar-refractivity contribution in [3.63, 3.8) is 0 Å². The predicted octanol–water partition coefficient (Wildman–Crippen LogP) is 15.3. The molecule has 10 aromatic rings. The van der Waals surface area contributed by atoms with Gasteiger partial charge in [0, 0.05) is 66.0 Å². The van der Waals surface area contributed by atoms with E-state index in [1.54, 1.807) is 0 Å². The van der Waals surface area contributed by atoms with E-state index in [0.717, 1.165) is 16.6 Å². The first-order valence-corrected chi connectivity index (χ1v) is 23.8. The lowest BCUT2D eigenvalue weighted by Gasteiger charge is -2.52. The second kappa shape index (κ2) is 12.4. The first kappa shape index (κ1) is 36.9. The summed E-state index contributed by atoms with van der Waals surface area (Å²) in [5, 5.41) is 4.97. The molecule has 3 aliphatic heterocycles. The lowest BCUT2D eigenvalue weighted by molar-refractivity contribution is 0.331. The van der Waals surface area contributed by atoms with Gasteiger partial charge in [-0.3, -0.25) is 0 Å². The summed E-state index contributed by atoms with van der Waals surface area (Å²) >= 11 is 1.92. The van der Waals surface area contributed by atoms with E-state index in [4.69, 9.17) is 4.42 Å². The summed E-state index contributed by atoms with van der Waals surface area (Å²) in [6.07, 6.45) is 2.35. The summed E-state index contributed by atoms with van der Waals surface area (Å²) in [4.78, 5) is 5.40. The topological polar surface area (TPSA) is 19.6 Å². The van der Waals surface area contributed by atoms with Crippen molar-refractivity contribution in [1.82, 2.24) is 0 Å². The van der Waals surface area contributed by atoms with Crippen LogP contribution in [0.15, 0.2) is 156 Å². The fourth-order valence-corrected chi connectivity index (χ4v) is 13.7. The van der Waals surface area contributed by atoms with E-state index < -0.39 is 0 Å². The number of fused-ring (bicyclic) bond motifs is 14. The fourth-order valence-electron chi connectivity index (χ4n) is 12.5. The van der Waals surface area contributed by atoms with Crippen molar-refractivity contribution in [2.24, 2.45) is 0 Å². The normalized spacial score (nSPS) is 17.1. The molecule has 14 rings (SSSR count). The maximum absolute atomic E-state index is 7.00. The number of hydrogen-bond acceptors (Lipinski definition) is 4. The summed E-state index contributed by atoms with van der Waals surface area (Å²) in [6.45, 7) is 14.6. The molecule has 0 unspecified atom stereocenters. The summed E-state index contributed by atoms with van der Waals surface area (Å²) in [7, 11) is 0. The maximum atomic E-state index is 7.00. The number of rotatable bonds is 2. The first-order valence-electron chi connectivity index (χ1n) is 23.0. The van der Waals surface area contributed by atoms with Crippen molar-refractivity contribution in [2.45, 2.75) is 70.6 Å². The van der Waals surface area contributed by atoms with Crippen molar-refractivity contribution in [1.29, 1.82) is 0 Å². The zero-order valence-electron chi connectivity index (χ0n) is 37.1. The third-order valence-corrected chi connectivity index (χ3v) is 17.1. The minimum absolute atomic E-state index is 0.0550. The van der Waals surface area contributed by atoms with Crippen LogP contribution in [0.5, 0.6) is 0 Å². The molecule has 0 fully saturated rings. The molecule has 64 heavy (non-hydrogen) atoms. The molecule has 4 aliphatic rings. The van der Waals surface area contributed by atoms with Crippen molar-refractivity contribution >= 4 is 99.7 Å². The van der Waals surface area contributed by atoms with Gasteiger partial charge in [0.1, 0.15) is 11.2 Å². The monoisotopic (exact) mass is 842 g/mol. The highest BCUT2D eigenvalue weighted by atomic mass is 32.1. The quantitative estimate of drug-likeness (QED) is 0.162. The Morgan fingerprint density at radius 3 is 2.08 bits per heavy atom. The highest BCUT2D eigenvalue weighted by Gasteiger charge is 2.51. The van der Waals surface area contributed by atoms with Crippen LogP contribution in [0.25, 0.3) is 64.4 Å². The lowest BCUT2D eigenvalue weighted by atomic mass is 9.42. The van der Waals surface area contributed by atoms with E-state index in [1.807, 2.05) is 11.3 Å². The Kier molecular flexibility index (Phi) is 7.13. The SMILES string of the molecule is CC1(C)CCC(C)(C)c2cc3c(cc21)N1c2cc4oc5ccccc5c4c4c2B(c2cccc(c21)C3(C)C)N(c1cccc2c1sc1ccccc12)c1cc(-c2ccccc2)ccc1-4. The van der Waals surface area contributed by atoms with Gasteiger partial charge in [-0.1, -0.05) is 157 Å². The molecule has 0 spiro atoms. The molecule has 0 radical (unpaired) electrons. The van der Waals surface area contributed by atoms with Gasteiger partial charge < -0.3 is 14.1 Å². The Morgan fingerprint density at radius 2 is 1.25 bits per heavy atom. The van der Waals surface area contributed by atoms with E-state index in [9.17, 15) is 0 Å². The van der Waals surface area contributed by atoms with Crippen molar-refractivity contribution in [3.05, 3.63) is 174 Å². The molecular formula is C59H47BN2OS. The molecule has 0 amide bonds. The first-order chi connectivity index (χ1) is 31.0. The minimum atomic E-state index is -0.253. The minimum Gasteiger partial charge on any atom is -0.456 e. The molecule has 0 bridgehead atoms. The number of furan rings is 1. The average Bonchev–Trinajstić information content (AvgIpc) is 3.88. The number of nitrogens with zero attached hydrogens (tertiary/aromatic N) is 2. The van der Waals surface area contributed by atoms with E-state index >= 15 is 0 Å². The molecular weight excluding hydrogens is 796 g/mol. The highest BCUT2D eigenvalue weighted by Crippen LogP contribution is 2.59. The van der Waals surface area contributed by atoms with E-state index in [1.165, 1.54) is 122 Å². The third kappa shape index (κ3) is 4.68. The van der Waals surface area contributed by atoms with Crippen molar-refractivity contribution in [2.75, 3.05) is 9.71 Å². The van der Waals surface area contributed by atoms with Gasteiger partial charge in [-0.25, -0.2) is 0 Å². The largest absolute Gasteiger partial charge is 0.456 e. The fraction of sp³-hybridized carbons (Fsp3) is 0.186. The smallest absolute Gasteiger partial charge is 0.333 e. The van der Waals surface area contributed by atoms with Gasteiger partial charge in [0.15, 0.2) is 0 Å². The number of benzene rings is 8. The summed E-state index contributed by atoms with van der Waals surface area (Å²) < 4.78 is 9.63. The Morgan fingerprint density at radius 1 is 0.531 bits per heavy atom. The van der Waals surface area contributed by atoms with Gasteiger partial charge in [0.2, 0.25) is 0 Å². The summed E-state index contributed by atoms with van der Waals surface area (Å²) in [6, 6.07) is 57.5. The Balaban J connectivity index is 1.16. The van der Waals surface area contributed by atoms with Crippen LogP contribution in [-0.2, 0) is 16.2 Å². The van der Waals surface area contributed by atoms with Crippen LogP contribution in [0.3, 0.4) is 0 Å². The molecule has 5 heterocycles. The van der Waals surface area contributed by atoms with Crippen LogP contribution in [0.4, 0.5) is 28.4 Å². The van der Waals surface area contributed by atoms with Crippen LogP contribution in [0.2, 0.25) is 0 Å². The zero-order chi connectivity index (χ0) is 43.0. The molecule has 0 saturated carbocycles. The van der Waals surface area contributed by atoms with Gasteiger partial charge >= 0.3 is 6.85 Å².